The fourth-order valence-corrected chi connectivity index (χ4v) is 11.5. The monoisotopic (exact) mass is 2040 g/mol. The van der Waals surface area contributed by atoms with E-state index in [1.165, 1.54) is 45.3 Å². The van der Waals surface area contributed by atoms with Gasteiger partial charge in [-0.25, -0.2) is 39.1 Å². The summed E-state index contributed by atoms with van der Waals surface area (Å²) < 4.78 is 58.3. The third-order valence-electron chi connectivity index (χ3n) is 15.3. The molecule has 2 atom stereocenters. The Morgan fingerprint density at radius 2 is 1.01 bits per heavy atom. The van der Waals surface area contributed by atoms with E-state index in [9.17, 15) is 22.8 Å². The maximum atomic E-state index is 10.9. The van der Waals surface area contributed by atoms with E-state index in [1.807, 2.05) is 158 Å². The molecule has 0 bridgehead atoms. The number of hydrogen-bond donors (Lipinski definition) is 14. The number of nitrogens with zero attached hydrogens (tertiary/aromatic N) is 12. The van der Waals surface area contributed by atoms with Gasteiger partial charge in [0, 0.05) is 147 Å². The summed E-state index contributed by atoms with van der Waals surface area (Å²) in [5, 5.41) is 47.1. The van der Waals surface area contributed by atoms with Crippen molar-refractivity contribution in [3.8, 4) is 34.4 Å². The molecule has 0 aliphatic heterocycles. The van der Waals surface area contributed by atoms with Crippen molar-refractivity contribution >= 4 is 166 Å². The first-order chi connectivity index (χ1) is 55.9. The number of aryl methyl sites for hydroxylation is 4. The van der Waals surface area contributed by atoms with Crippen molar-refractivity contribution in [2.45, 2.75) is 92.9 Å². The van der Waals surface area contributed by atoms with Crippen LogP contribution in [0.2, 0.25) is 5.28 Å². The van der Waals surface area contributed by atoms with Gasteiger partial charge in [0.25, 0.3) is 0 Å². The number of alkyl halides is 3. The molecule has 0 spiro atoms. The Labute approximate surface area is 738 Å². The fourth-order valence-electron chi connectivity index (χ4n) is 9.81. The number of anilines is 11. The molecular formula is C77H105ClCuF3I3N25O8. The predicted molar refractivity (Wildman–Crippen MR) is 486 cm³/mol. The number of carboxylic acids is 1. The quantitative estimate of drug-likeness (QED) is 0.00570. The number of allylic oxidation sites excluding steroid dienone is 1. The molecule has 41 heteroatoms. The number of rotatable bonds is 22. The predicted octanol–water partition coefficient (Wildman–Crippen LogP) is 14.9. The molecule has 18 N–H and O–H groups in total. The number of benzene rings is 4. The molecule has 1 fully saturated rings. The summed E-state index contributed by atoms with van der Waals surface area (Å²) in [5.41, 5.74) is 30.9. The SMILES string of the molecule is C.CC[C@H]1CCCC[C@@H]1N.CN.CNCc1cnn(-c2cc(Nc3nc(C)cc(NC)n3)ccc2OC)c1.CNc1cc(C)nc(Cl)n1.CNc1cc(C)nc(Nc2ccc(OC)c(-n3cc(C=O)cn3)c2)n1.CNc1cc(C)nc(Nc2ccc(OC)c(I)c2)n1.COc1ccc(N)cc1I.N=C/C(C=O)=C\N.O=C(O)C(F)(F)F.[Cu][I]. The van der Waals surface area contributed by atoms with Gasteiger partial charge in [0.1, 0.15) is 57.6 Å². The number of carboxylic acid groups (broad SMARTS) is 1. The minimum absolute atomic E-state index is 0. The van der Waals surface area contributed by atoms with Gasteiger partial charge in [-0.05, 0) is 190 Å². The number of nitrogens with one attached hydrogen (secondary N) is 9. The summed E-state index contributed by atoms with van der Waals surface area (Å²) in [5.74, 6) is 5.78. The zero-order valence-corrected chi connectivity index (χ0v) is 75.4. The molecule has 6 heterocycles. The second-order valence-electron chi connectivity index (χ2n) is 23.7. The second kappa shape index (κ2) is 57.9. The Kier molecular flexibility index (Phi) is 52.0. The third kappa shape index (κ3) is 38.5. The van der Waals surface area contributed by atoms with Crippen molar-refractivity contribution < 1.29 is 64.4 Å². The number of methoxy groups -OCH3 is 4. The molecule has 0 saturated heterocycles. The Morgan fingerprint density at radius 3 is 1.34 bits per heavy atom. The van der Waals surface area contributed by atoms with E-state index in [-0.39, 0.29) is 18.3 Å². The van der Waals surface area contributed by atoms with Crippen LogP contribution in [0, 0.1) is 46.2 Å². The van der Waals surface area contributed by atoms with Crippen molar-refractivity contribution in [3.05, 3.63) is 180 Å². The zero-order valence-electron chi connectivity index (χ0n) is 67.2. The van der Waals surface area contributed by atoms with Gasteiger partial charge in [0.05, 0.1) is 53.5 Å². The van der Waals surface area contributed by atoms with E-state index in [2.05, 4.69) is 163 Å². The molecule has 33 nitrogen and oxygen atoms in total. The number of nitrogen functional groups attached to an aromatic ring is 1. The number of halogens is 7. The number of nitrogens with two attached hydrogens (primary N) is 4. The van der Waals surface area contributed by atoms with Gasteiger partial charge in [-0.2, -0.15) is 38.3 Å². The fraction of sp³-hybridized carbons (Fsp3) is 0.325. The molecule has 1 aliphatic rings. The number of aliphatic carboxylic acids is 1. The van der Waals surface area contributed by atoms with Crippen LogP contribution in [0.15, 0.2) is 134 Å². The van der Waals surface area contributed by atoms with Gasteiger partial charge >= 0.3 is 45.3 Å². The topological polar surface area (TPSA) is 471 Å². The van der Waals surface area contributed by atoms with E-state index < -0.39 is 12.1 Å². The van der Waals surface area contributed by atoms with Gasteiger partial charge in [-0.15, -0.1) is 0 Å². The average Bonchev–Trinajstić information content (AvgIpc) is 1.63. The summed E-state index contributed by atoms with van der Waals surface area (Å²) in [4.78, 5) is 63.6. The molecule has 10 aromatic rings. The van der Waals surface area contributed by atoms with Crippen molar-refractivity contribution in [3.63, 3.8) is 0 Å². The summed E-state index contributed by atoms with van der Waals surface area (Å²) in [6.07, 6.45) is 11.8. The molecule has 6 aromatic heterocycles. The molecule has 1 saturated carbocycles. The molecule has 0 radical (unpaired) electrons. The van der Waals surface area contributed by atoms with Crippen LogP contribution in [0.5, 0.6) is 23.0 Å². The molecule has 118 heavy (non-hydrogen) atoms. The van der Waals surface area contributed by atoms with Crippen LogP contribution in [0.4, 0.5) is 77.0 Å². The zero-order chi connectivity index (χ0) is 87.7. The van der Waals surface area contributed by atoms with Crippen LogP contribution in [0.25, 0.3) is 11.4 Å². The van der Waals surface area contributed by atoms with Crippen LogP contribution in [-0.4, -0.2) is 172 Å². The van der Waals surface area contributed by atoms with Crippen molar-refractivity contribution in [2.75, 3.05) is 114 Å². The first-order valence-electron chi connectivity index (χ1n) is 35.2. The van der Waals surface area contributed by atoms with Gasteiger partial charge in [0.15, 0.2) is 12.6 Å². The van der Waals surface area contributed by atoms with E-state index in [1.54, 1.807) is 78.4 Å². The Hall–Kier alpha value is -10.1. The molecule has 4 aromatic carbocycles. The summed E-state index contributed by atoms with van der Waals surface area (Å²) in [6.45, 7) is 10.6. The Morgan fingerprint density at radius 1 is 0.619 bits per heavy atom. The first kappa shape index (κ1) is 106. The van der Waals surface area contributed by atoms with Crippen LogP contribution < -0.4 is 84.4 Å². The standard InChI is InChI=1S/C18H23N7O.C17H18N6O2.C13H15IN4O.C8H17N.C7H8INO.C6H8ClN3.C4H6N2O.C2HF3O2.CH5N.CH4.Cu.HI/c1-12-7-17(20-3)24-18(22-12)23-14-5-6-16(26-4)15(8-14)25-11-13(9-19-2)10-21-25;1-11-6-16(18-2)22-17(20-11)21-13-4-5-15(25-3)14(7-13)23-9-12(10-24)8-19-23;1-8-6-12(15-2)18-13(16-8)17-9-4-5-11(19-3)10(14)7-9;1-2-7-5-3-4-6-8(7)9;1-10-7-3-2-5(9)4-6(7)8;1-4-3-5(8-2)10-6(7)9-4;5-1-4(2-6)3-7;3-2(4,5)1(6)7;1-2;;;/h5-8,10-11,19H,9H2,1-4H3,(H2,20,22,23,24);4-10H,1-3H3,(H2,18,20,21,22);4-7H,1-3H3,(H2,15,16,17,18);7-8H,2-6,9H2,1H3;2-4H,9H2,1H3;3H,1-2H3,(H,8,9,10);1-3,5H,6H2;(H,6,7);2H2,1H3;1H4;;1H/q;;;;;;;;;;+1;/p-1/b;;;;;;4-2+,5-1?;;;;;/t;;;7-,8-;;;;;;;;/m...0......../s1. The van der Waals surface area contributed by atoms with E-state index in [4.69, 9.17) is 63.1 Å². The molecule has 11 rings (SSSR count). The summed E-state index contributed by atoms with van der Waals surface area (Å²) in [7, 11) is 17.2. The molecular weight excluding hydrogens is 1940 g/mol. The summed E-state index contributed by atoms with van der Waals surface area (Å²) >= 11 is 15.8. The van der Waals surface area contributed by atoms with Crippen LogP contribution >= 0.6 is 77.1 Å². The van der Waals surface area contributed by atoms with Crippen molar-refractivity contribution in [1.29, 1.82) is 5.41 Å². The number of ether oxygens (including phenoxy) is 4. The van der Waals surface area contributed by atoms with Gasteiger partial charge in [-0.1, -0.05) is 33.6 Å². The van der Waals surface area contributed by atoms with E-state index in [0.29, 0.717) is 47.2 Å². The van der Waals surface area contributed by atoms with Gasteiger partial charge < -0.3 is 94.9 Å². The molecule has 0 amide bonds. The summed E-state index contributed by atoms with van der Waals surface area (Å²) in [6, 6.07) is 30.7. The normalized spacial score (nSPS) is 12.0. The van der Waals surface area contributed by atoms with Gasteiger partial charge in [0.2, 0.25) is 23.1 Å². The van der Waals surface area contributed by atoms with Crippen LogP contribution in [0.3, 0.4) is 0 Å². The number of carbonyl (C=O) groups is 3. The Bertz CT molecular complexity index is 4680. The number of aromatic nitrogens is 12. The van der Waals surface area contributed by atoms with Crippen LogP contribution in [0.1, 0.15) is 85.2 Å². The van der Waals surface area contributed by atoms with Crippen LogP contribution in [-0.2, 0) is 28.9 Å². The van der Waals surface area contributed by atoms with Crippen molar-refractivity contribution in [1.82, 2.24) is 64.7 Å². The van der Waals surface area contributed by atoms with Crippen molar-refractivity contribution in [2.24, 2.45) is 23.1 Å². The number of hydrogen-bond acceptors (Lipinski definition) is 30. The van der Waals surface area contributed by atoms with Gasteiger partial charge in [-0.3, -0.25) is 9.59 Å². The maximum absolute atomic E-state index is 10.9. The number of aldehydes is 2. The second-order valence-corrected chi connectivity index (χ2v) is 26.4. The molecule has 0 unspecified atom stereocenters. The average molecular weight is 2050 g/mol. The first-order valence-corrected chi connectivity index (χ1v) is 40.7. The number of carbonyl (C=O) groups excluding carboxylic acids is 2. The molecule has 1 aliphatic carbocycles. The van der Waals surface area contributed by atoms with E-state index >= 15 is 0 Å². The minimum atomic E-state index is -5.08. The van der Waals surface area contributed by atoms with E-state index in [0.717, 1.165) is 136 Å². The third-order valence-corrected chi connectivity index (χ3v) is 17.2. The Balaban J connectivity index is 0.000000702. The molecule has 646 valence electrons.